The first-order chi connectivity index (χ1) is 6.46. The van der Waals surface area contributed by atoms with Crippen molar-refractivity contribution in [3.63, 3.8) is 0 Å². The lowest BCUT2D eigenvalue weighted by atomic mass is 9.73. The van der Waals surface area contributed by atoms with Crippen LogP contribution in [0.1, 0.15) is 54.9 Å². The normalized spacial score (nSPS) is 31.6. The van der Waals surface area contributed by atoms with Crippen molar-refractivity contribution in [2.45, 2.75) is 72.2 Å². The summed E-state index contributed by atoms with van der Waals surface area (Å²) in [7, 11) is 0. The lowest BCUT2D eigenvalue weighted by Crippen LogP contribution is -2.42. The zero-order valence-electron chi connectivity index (χ0n) is 11.2. The van der Waals surface area contributed by atoms with Gasteiger partial charge in [0.1, 0.15) is 0 Å². The Morgan fingerprint density at radius 1 is 1.20 bits per heavy atom. The van der Waals surface area contributed by atoms with Crippen LogP contribution in [0.2, 0.25) is 0 Å². The second-order valence-corrected chi connectivity index (χ2v) is 7.09. The van der Waals surface area contributed by atoms with Gasteiger partial charge in [0, 0.05) is 5.92 Å². The molecule has 1 fully saturated rings. The van der Waals surface area contributed by atoms with Gasteiger partial charge in [-0.2, -0.15) is 0 Å². The van der Waals surface area contributed by atoms with E-state index in [1.54, 1.807) is 0 Å². The maximum atomic E-state index is 10.4. The zero-order valence-corrected chi connectivity index (χ0v) is 11.2. The standard InChI is InChI=1S/C13H26O2/c1-11(2,3)10(14)9-8-12(4,5)15-13(9,6)7/h9-10,14H,8H2,1-7H3. The Hall–Kier alpha value is -0.0800. The Morgan fingerprint density at radius 2 is 1.67 bits per heavy atom. The molecule has 2 atom stereocenters. The van der Waals surface area contributed by atoms with Crippen molar-refractivity contribution < 1.29 is 9.84 Å². The van der Waals surface area contributed by atoms with Crippen LogP contribution in [0.15, 0.2) is 0 Å². The van der Waals surface area contributed by atoms with Gasteiger partial charge in [-0.15, -0.1) is 0 Å². The van der Waals surface area contributed by atoms with Crippen molar-refractivity contribution in [3.8, 4) is 0 Å². The molecule has 2 unspecified atom stereocenters. The van der Waals surface area contributed by atoms with Crippen molar-refractivity contribution in [3.05, 3.63) is 0 Å². The molecule has 0 aromatic carbocycles. The smallest absolute Gasteiger partial charge is 0.0687 e. The third-order valence-corrected chi connectivity index (χ3v) is 3.41. The quantitative estimate of drug-likeness (QED) is 0.727. The van der Waals surface area contributed by atoms with E-state index in [4.69, 9.17) is 4.74 Å². The molecule has 0 aliphatic carbocycles. The summed E-state index contributed by atoms with van der Waals surface area (Å²) in [5.41, 5.74) is -0.414. The SMILES string of the molecule is CC1(C)CC(C(O)C(C)(C)C)C(C)(C)O1. The minimum atomic E-state index is -0.311. The summed E-state index contributed by atoms with van der Waals surface area (Å²) < 4.78 is 6.01. The minimum absolute atomic E-state index is 0.0777. The van der Waals surface area contributed by atoms with Gasteiger partial charge in [0.2, 0.25) is 0 Å². The Bertz CT molecular complexity index is 235. The molecular formula is C13H26O2. The molecule has 1 N–H and O–H groups in total. The highest BCUT2D eigenvalue weighted by Crippen LogP contribution is 2.46. The number of aliphatic hydroxyl groups excluding tert-OH is 1. The molecule has 0 aromatic heterocycles. The van der Waals surface area contributed by atoms with Gasteiger partial charge in [-0.1, -0.05) is 20.8 Å². The topological polar surface area (TPSA) is 29.5 Å². The molecule has 0 amide bonds. The molecule has 0 bridgehead atoms. The van der Waals surface area contributed by atoms with Gasteiger partial charge in [-0.25, -0.2) is 0 Å². The molecule has 2 heteroatoms. The molecule has 0 radical (unpaired) electrons. The summed E-state index contributed by atoms with van der Waals surface area (Å²) in [4.78, 5) is 0. The van der Waals surface area contributed by atoms with E-state index < -0.39 is 0 Å². The summed E-state index contributed by atoms with van der Waals surface area (Å²) in [5.74, 6) is 0.215. The largest absolute Gasteiger partial charge is 0.392 e. The lowest BCUT2D eigenvalue weighted by molar-refractivity contribution is -0.100. The second kappa shape index (κ2) is 3.46. The lowest BCUT2D eigenvalue weighted by Gasteiger charge is -2.36. The molecule has 2 nitrogen and oxygen atoms in total. The fourth-order valence-corrected chi connectivity index (χ4v) is 2.70. The van der Waals surface area contributed by atoms with E-state index in [0.29, 0.717) is 0 Å². The maximum absolute atomic E-state index is 10.4. The number of aliphatic hydroxyl groups is 1. The van der Waals surface area contributed by atoms with Gasteiger partial charge < -0.3 is 9.84 Å². The average Bonchev–Trinajstić information content (AvgIpc) is 2.15. The Morgan fingerprint density at radius 3 is 1.93 bits per heavy atom. The van der Waals surface area contributed by atoms with Crippen LogP contribution < -0.4 is 0 Å². The van der Waals surface area contributed by atoms with E-state index in [9.17, 15) is 5.11 Å². The van der Waals surface area contributed by atoms with Crippen LogP contribution in [0.5, 0.6) is 0 Å². The fourth-order valence-electron chi connectivity index (χ4n) is 2.70. The number of ether oxygens (including phenoxy) is 1. The van der Waals surface area contributed by atoms with Gasteiger partial charge in [0.25, 0.3) is 0 Å². The van der Waals surface area contributed by atoms with E-state index in [0.717, 1.165) is 6.42 Å². The van der Waals surface area contributed by atoms with Crippen molar-refractivity contribution in [1.29, 1.82) is 0 Å². The van der Waals surface area contributed by atoms with Gasteiger partial charge in [0.05, 0.1) is 17.3 Å². The monoisotopic (exact) mass is 214 g/mol. The van der Waals surface area contributed by atoms with Crippen LogP contribution >= 0.6 is 0 Å². The van der Waals surface area contributed by atoms with Crippen molar-refractivity contribution in [2.24, 2.45) is 11.3 Å². The Kier molecular flexibility index (Phi) is 2.99. The Balaban J connectivity index is 2.88. The predicted molar refractivity (Wildman–Crippen MR) is 62.8 cm³/mol. The summed E-state index contributed by atoms with van der Waals surface area (Å²) in [6.07, 6.45) is 0.618. The third-order valence-electron chi connectivity index (χ3n) is 3.41. The number of hydrogen-bond donors (Lipinski definition) is 1. The highest BCUT2D eigenvalue weighted by atomic mass is 16.5. The van der Waals surface area contributed by atoms with Gasteiger partial charge in [-0.05, 0) is 39.5 Å². The highest BCUT2D eigenvalue weighted by Gasteiger charge is 2.50. The van der Waals surface area contributed by atoms with Crippen LogP contribution in [-0.4, -0.2) is 22.4 Å². The molecule has 1 heterocycles. The Labute approximate surface area is 94.0 Å². The first-order valence-electron chi connectivity index (χ1n) is 5.84. The summed E-state index contributed by atoms with van der Waals surface area (Å²) in [6.45, 7) is 14.6. The molecule has 0 saturated carbocycles. The molecule has 1 aliphatic rings. The van der Waals surface area contributed by atoms with Gasteiger partial charge in [-0.3, -0.25) is 0 Å². The maximum Gasteiger partial charge on any atom is 0.0687 e. The van der Waals surface area contributed by atoms with Crippen LogP contribution in [0, 0.1) is 11.3 Å². The summed E-state index contributed by atoms with van der Waals surface area (Å²) in [6, 6.07) is 0. The molecular weight excluding hydrogens is 188 g/mol. The fraction of sp³-hybridized carbons (Fsp3) is 1.00. The third kappa shape index (κ3) is 2.73. The molecule has 0 aromatic rings. The first-order valence-corrected chi connectivity index (χ1v) is 5.84. The summed E-state index contributed by atoms with van der Waals surface area (Å²) in [5, 5.41) is 10.4. The number of hydrogen-bond acceptors (Lipinski definition) is 2. The van der Waals surface area contributed by atoms with Crippen molar-refractivity contribution in [2.75, 3.05) is 0 Å². The second-order valence-electron chi connectivity index (χ2n) is 7.09. The molecule has 1 rings (SSSR count). The zero-order chi connectivity index (χ0) is 12.1. The minimum Gasteiger partial charge on any atom is -0.392 e. The highest BCUT2D eigenvalue weighted by molar-refractivity contribution is 4.99. The molecule has 90 valence electrons. The van der Waals surface area contributed by atoms with Crippen LogP contribution in [-0.2, 0) is 4.74 Å². The van der Waals surface area contributed by atoms with Crippen molar-refractivity contribution >= 4 is 0 Å². The van der Waals surface area contributed by atoms with Crippen LogP contribution in [0.3, 0.4) is 0 Å². The van der Waals surface area contributed by atoms with E-state index >= 15 is 0 Å². The first kappa shape index (κ1) is 13.0. The van der Waals surface area contributed by atoms with Gasteiger partial charge >= 0.3 is 0 Å². The van der Waals surface area contributed by atoms with Crippen LogP contribution in [0.4, 0.5) is 0 Å². The van der Waals surface area contributed by atoms with Crippen LogP contribution in [0.25, 0.3) is 0 Å². The predicted octanol–water partition coefficient (Wildman–Crippen LogP) is 2.99. The summed E-state index contributed by atoms with van der Waals surface area (Å²) >= 11 is 0. The van der Waals surface area contributed by atoms with Crippen molar-refractivity contribution in [1.82, 2.24) is 0 Å². The van der Waals surface area contributed by atoms with Gasteiger partial charge in [0.15, 0.2) is 0 Å². The molecule has 15 heavy (non-hydrogen) atoms. The molecule has 1 saturated heterocycles. The average molecular weight is 214 g/mol. The molecule has 1 aliphatic heterocycles. The van der Waals surface area contributed by atoms with E-state index in [1.165, 1.54) is 0 Å². The van der Waals surface area contributed by atoms with E-state index in [2.05, 4.69) is 48.5 Å². The van der Waals surface area contributed by atoms with E-state index in [1.807, 2.05) is 0 Å². The van der Waals surface area contributed by atoms with E-state index in [-0.39, 0.29) is 28.6 Å². The molecule has 0 spiro atoms. The number of rotatable bonds is 1.